The Hall–Kier alpha value is -2.59. The van der Waals surface area contributed by atoms with Gasteiger partial charge in [0, 0.05) is 30.2 Å². The second-order valence-electron chi connectivity index (χ2n) is 5.88. The number of hydrogen-bond acceptors (Lipinski definition) is 2. The minimum Gasteiger partial charge on any atom is -0.395 e. The summed E-state index contributed by atoms with van der Waals surface area (Å²) in [6.45, 7) is 0.966. The van der Waals surface area contributed by atoms with Crippen molar-refractivity contribution in [1.82, 2.24) is 9.88 Å². The topological polar surface area (TPSA) is 56.3 Å². The molecule has 0 bridgehead atoms. The Kier molecular flexibility index (Phi) is 5.29. The number of benzene rings is 2. The number of aliphatic hydroxyl groups is 1. The largest absolute Gasteiger partial charge is 0.395 e. The molecular formula is C20H22N2O2. The first-order chi connectivity index (χ1) is 11.8. The molecule has 0 spiro atoms. The molecule has 0 aliphatic rings. The fourth-order valence-electron chi connectivity index (χ4n) is 2.94. The molecule has 2 aromatic carbocycles. The van der Waals surface area contributed by atoms with Gasteiger partial charge < -0.3 is 15.0 Å². The van der Waals surface area contributed by atoms with Crippen molar-refractivity contribution >= 4 is 16.8 Å². The van der Waals surface area contributed by atoms with E-state index in [9.17, 15) is 9.90 Å². The van der Waals surface area contributed by atoms with Gasteiger partial charge in [0.2, 0.25) is 5.91 Å². The third-order valence-electron chi connectivity index (χ3n) is 4.25. The average molecular weight is 322 g/mol. The van der Waals surface area contributed by atoms with E-state index in [-0.39, 0.29) is 12.5 Å². The number of aliphatic hydroxyl groups excluding tert-OH is 1. The number of aromatic amines is 1. The minimum absolute atomic E-state index is 0.0194. The lowest BCUT2D eigenvalue weighted by Crippen LogP contribution is -2.36. The smallest absolute Gasteiger partial charge is 0.227 e. The highest BCUT2D eigenvalue weighted by Crippen LogP contribution is 2.18. The van der Waals surface area contributed by atoms with Crippen LogP contribution in [-0.4, -0.2) is 40.6 Å². The van der Waals surface area contributed by atoms with Crippen LogP contribution >= 0.6 is 0 Å². The number of rotatable bonds is 7. The molecule has 1 heterocycles. The Labute approximate surface area is 141 Å². The van der Waals surface area contributed by atoms with Crippen LogP contribution < -0.4 is 0 Å². The van der Waals surface area contributed by atoms with Gasteiger partial charge in [-0.3, -0.25) is 4.79 Å². The molecule has 4 nitrogen and oxygen atoms in total. The van der Waals surface area contributed by atoms with Gasteiger partial charge in [-0.25, -0.2) is 0 Å². The Bertz CT molecular complexity index is 796. The summed E-state index contributed by atoms with van der Waals surface area (Å²) < 4.78 is 0. The summed E-state index contributed by atoms with van der Waals surface area (Å²) in [5.74, 6) is 0.0461. The standard InChI is InChI=1S/C20H22N2O2/c23-13-12-22(11-10-16-6-2-1-3-7-16)20(24)14-17-15-21-19-9-5-4-8-18(17)19/h1-9,15,21,23H,10-14H2. The fourth-order valence-corrected chi connectivity index (χ4v) is 2.94. The number of H-pyrrole nitrogens is 1. The van der Waals surface area contributed by atoms with Crippen LogP contribution in [0, 0.1) is 0 Å². The minimum atomic E-state index is -0.0194. The molecule has 3 aromatic rings. The lowest BCUT2D eigenvalue weighted by atomic mass is 10.1. The zero-order chi connectivity index (χ0) is 16.8. The van der Waals surface area contributed by atoms with Crippen molar-refractivity contribution in [3.8, 4) is 0 Å². The van der Waals surface area contributed by atoms with E-state index < -0.39 is 0 Å². The highest BCUT2D eigenvalue weighted by atomic mass is 16.3. The SMILES string of the molecule is O=C(Cc1c[nH]c2ccccc12)N(CCO)CCc1ccccc1. The van der Waals surface area contributed by atoms with Crippen LogP contribution in [0.4, 0.5) is 0 Å². The molecule has 2 N–H and O–H groups in total. The van der Waals surface area contributed by atoms with Crippen molar-refractivity contribution in [2.24, 2.45) is 0 Å². The van der Waals surface area contributed by atoms with Crippen LogP contribution in [0.25, 0.3) is 10.9 Å². The third kappa shape index (κ3) is 3.84. The second-order valence-corrected chi connectivity index (χ2v) is 5.88. The number of nitrogens with one attached hydrogen (secondary N) is 1. The Morgan fingerprint density at radius 3 is 2.54 bits per heavy atom. The van der Waals surface area contributed by atoms with E-state index in [4.69, 9.17) is 0 Å². The predicted octanol–water partition coefficient (Wildman–Crippen LogP) is 2.77. The summed E-state index contributed by atoms with van der Waals surface area (Å²) in [4.78, 5) is 17.6. The highest BCUT2D eigenvalue weighted by molar-refractivity contribution is 5.88. The quantitative estimate of drug-likeness (QED) is 0.703. The van der Waals surface area contributed by atoms with E-state index >= 15 is 0 Å². The Morgan fingerprint density at radius 2 is 1.75 bits per heavy atom. The third-order valence-corrected chi connectivity index (χ3v) is 4.25. The van der Waals surface area contributed by atoms with Crippen molar-refractivity contribution in [3.05, 3.63) is 71.9 Å². The molecule has 24 heavy (non-hydrogen) atoms. The van der Waals surface area contributed by atoms with Crippen LogP contribution in [0.2, 0.25) is 0 Å². The number of fused-ring (bicyclic) bond motifs is 1. The number of aromatic nitrogens is 1. The van der Waals surface area contributed by atoms with Gasteiger partial charge in [0.1, 0.15) is 0 Å². The molecule has 0 unspecified atom stereocenters. The lowest BCUT2D eigenvalue weighted by molar-refractivity contribution is -0.130. The molecule has 0 atom stereocenters. The maximum absolute atomic E-state index is 12.7. The van der Waals surface area contributed by atoms with Crippen molar-refractivity contribution in [1.29, 1.82) is 0 Å². The number of carbonyl (C=O) groups excluding carboxylic acids is 1. The van der Waals surface area contributed by atoms with Crippen LogP contribution in [0.1, 0.15) is 11.1 Å². The summed E-state index contributed by atoms with van der Waals surface area (Å²) in [5, 5.41) is 10.4. The van der Waals surface area contributed by atoms with Gasteiger partial charge >= 0.3 is 0 Å². The van der Waals surface area contributed by atoms with E-state index in [0.29, 0.717) is 19.5 Å². The molecule has 0 aliphatic heterocycles. The summed E-state index contributed by atoms with van der Waals surface area (Å²) in [6, 6.07) is 18.1. The lowest BCUT2D eigenvalue weighted by Gasteiger charge is -2.22. The monoisotopic (exact) mass is 322 g/mol. The number of carbonyl (C=O) groups is 1. The first-order valence-corrected chi connectivity index (χ1v) is 8.25. The van der Waals surface area contributed by atoms with Crippen molar-refractivity contribution in [3.63, 3.8) is 0 Å². The van der Waals surface area contributed by atoms with Crippen LogP contribution in [-0.2, 0) is 17.6 Å². The maximum Gasteiger partial charge on any atom is 0.227 e. The number of amides is 1. The first-order valence-electron chi connectivity index (χ1n) is 8.25. The molecule has 0 saturated heterocycles. The van der Waals surface area contributed by atoms with Crippen molar-refractivity contribution in [2.45, 2.75) is 12.8 Å². The predicted molar refractivity (Wildman–Crippen MR) is 95.8 cm³/mol. The number of hydrogen-bond donors (Lipinski definition) is 2. The zero-order valence-corrected chi connectivity index (χ0v) is 13.6. The van der Waals surface area contributed by atoms with E-state index in [1.807, 2.05) is 48.7 Å². The van der Waals surface area contributed by atoms with E-state index in [1.165, 1.54) is 5.56 Å². The Morgan fingerprint density at radius 1 is 1.00 bits per heavy atom. The normalized spacial score (nSPS) is 10.9. The molecule has 3 rings (SSSR count). The highest BCUT2D eigenvalue weighted by Gasteiger charge is 2.15. The van der Waals surface area contributed by atoms with Gasteiger partial charge in [0.25, 0.3) is 0 Å². The molecule has 0 saturated carbocycles. The van der Waals surface area contributed by atoms with Crippen molar-refractivity contribution < 1.29 is 9.90 Å². The van der Waals surface area contributed by atoms with Gasteiger partial charge in [-0.05, 0) is 23.6 Å². The second kappa shape index (κ2) is 7.79. The molecule has 0 aliphatic carbocycles. The molecule has 4 heteroatoms. The zero-order valence-electron chi connectivity index (χ0n) is 13.6. The maximum atomic E-state index is 12.7. The molecular weight excluding hydrogens is 300 g/mol. The summed E-state index contributed by atoms with van der Waals surface area (Å²) in [6.07, 6.45) is 3.04. The molecule has 124 valence electrons. The van der Waals surface area contributed by atoms with Gasteiger partial charge in [0.05, 0.1) is 13.0 Å². The van der Waals surface area contributed by atoms with Crippen LogP contribution in [0.5, 0.6) is 0 Å². The number of nitrogens with zero attached hydrogens (tertiary/aromatic N) is 1. The van der Waals surface area contributed by atoms with Gasteiger partial charge in [-0.15, -0.1) is 0 Å². The van der Waals surface area contributed by atoms with Crippen molar-refractivity contribution in [2.75, 3.05) is 19.7 Å². The van der Waals surface area contributed by atoms with E-state index in [1.54, 1.807) is 4.90 Å². The van der Waals surface area contributed by atoms with Gasteiger partial charge in [-0.1, -0.05) is 48.5 Å². The first kappa shape index (κ1) is 16.3. The van der Waals surface area contributed by atoms with E-state index in [2.05, 4.69) is 17.1 Å². The molecule has 1 aromatic heterocycles. The van der Waals surface area contributed by atoms with E-state index in [0.717, 1.165) is 22.9 Å². The average Bonchev–Trinajstić information content (AvgIpc) is 3.02. The van der Waals surface area contributed by atoms with Crippen LogP contribution in [0.3, 0.4) is 0 Å². The summed E-state index contributed by atoms with van der Waals surface area (Å²) >= 11 is 0. The summed E-state index contributed by atoms with van der Waals surface area (Å²) in [5.41, 5.74) is 3.23. The van der Waals surface area contributed by atoms with Gasteiger partial charge in [-0.2, -0.15) is 0 Å². The Balaban J connectivity index is 1.67. The molecule has 0 fully saturated rings. The summed E-state index contributed by atoms with van der Waals surface area (Å²) in [7, 11) is 0. The van der Waals surface area contributed by atoms with Crippen LogP contribution in [0.15, 0.2) is 60.8 Å². The molecule has 1 amide bonds. The van der Waals surface area contributed by atoms with Gasteiger partial charge in [0.15, 0.2) is 0 Å². The molecule has 0 radical (unpaired) electrons. The fraction of sp³-hybridized carbons (Fsp3) is 0.250. The number of para-hydroxylation sites is 1.